The lowest BCUT2D eigenvalue weighted by Gasteiger charge is -2.25. The van der Waals surface area contributed by atoms with Crippen LogP contribution in [-0.4, -0.2) is 53.3 Å². The summed E-state index contributed by atoms with van der Waals surface area (Å²) >= 11 is 6.51. The first-order valence-electron chi connectivity index (χ1n) is 11.1. The molecule has 158 valence electrons. The Morgan fingerprint density at radius 2 is 1.87 bits per heavy atom. The van der Waals surface area contributed by atoms with Crippen LogP contribution >= 0.6 is 11.6 Å². The van der Waals surface area contributed by atoms with Gasteiger partial charge < -0.3 is 9.80 Å². The molecular formula is C26H33ClN3+. The van der Waals surface area contributed by atoms with Gasteiger partial charge in [0.05, 0.1) is 5.41 Å². The van der Waals surface area contributed by atoms with Crippen molar-refractivity contribution in [1.29, 1.82) is 0 Å². The highest BCUT2D eigenvalue weighted by Gasteiger charge is 2.48. The van der Waals surface area contributed by atoms with Gasteiger partial charge in [-0.1, -0.05) is 48.9 Å². The number of halogens is 1. The first-order chi connectivity index (χ1) is 14.5. The molecule has 0 radical (unpaired) electrons. The molecular weight excluding hydrogens is 390 g/mol. The fourth-order valence-corrected chi connectivity index (χ4v) is 5.20. The quantitative estimate of drug-likeness (QED) is 0.572. The number of allylic oxidation sites excluding steroid dienone is 1. The van der Waals surface area contributed by atoms with Gasteiger partial charge in [0, 0.05) is 55.8 Å². The molecule has 0 spiro atoms. The van der Waals surface area contributed by atoms with E-state index in [1.54, 1.807) is 0 Å². The molecule has 0 saturated carbocycles. The second kappa shape index (κ2) is 8.47. The monoisotopic (exact) mass is 422 g/mol. The van der Waals surface area contributed by atoms with Crippen LogP contribution in [0.25, 0.3) is 0 Å². The smallest absolute Gasteiger partial charge is 0.209 e. The third kappa shape index (κ3) is 3.65. The van der Waals surface area contributed by atoms with Crippen molar-refractivity contribution in [3.05, 3.63) is 76.6 Å². The Morgan fingerprint density at radius 1 is 1.10 bits per heavy atom. The van der Waals surface area contributed by atoms with Crippen LogP contribution in [0.1, 0.15) is 38.3 Å². The van der Waals surface area contributed by atoms with Gasteiger partial charge in [-0.25, -0.2) is 0 Å². The predicted octanol–water partition coefficient (Wildman–Crippen LogP) is 5.46. The molecule has 1 fully saturated rings. The summed E-state index contributed by atoms with van der Waals surface area (Å²) in [6, 6.07) is 17.3. The standard InChI is InChI=1S/C26H33ClN3/c1-5-14-30-23-13-12-21(27)17-22(23)26(3,19-20-10-8-7-9-11-20)24(30)18-25-28(4)15-16-29(25)6-2/h7-13,17-18H,5-6,14-16,19H2,1-4H3/q+1. The second-order valence-corrected chi connectivity index (χ2v) is 9.13. The lowest BCUT2D eigenvalue weighted by molar-refractivity contribution is -0.437. The molecule has 0 bridgehead atoms. The van der Waals surface area contributed by atoms with E-state index in [2.05, 4.69) is 90.7 Å². The van der Waals surface area contributed by atoms with Crippen LogP contribution in [0.15, 0.2) is 60.4 Å². The third-order valence-electron chi connectivity index (χ3n) is 6.62. The van der Waals surface area contributed by atoms with E-state index in [4.69, 9.17) is 11.6 Å². The average molecular weight is 423 g/mol. The molecule has 2 aliphatic heterocycles. The van der Waals surface area contributed by atoms with Gasteiger partial charge in [0.25, 0.3) is 0 Å². The van der Waals surface area contributed by atoms with Crippen LogP contribution in [0, 0.1) is 0 Å². The van der Waals surface area contributed by atoms with Crippen molar-refractivity contribution >= 4 is 23.0 Å². The molecule has 30 heavy (non-hydrogen) atoms. The largest absolute Gasteiger partial charge is 0.359 e. The molecule has 1 saturated heterocycles. The molecule has 0 aliphatic carbocycles. The molecule has 2 aromatic rings. The number of likely N-dealkylation sites (N-methyl/N-ethyl adjacent to an activating group) is 2. The number of rotatable bonds is 6. The summed E-state index contributed by atoms with van der Waals surface area (Å²) < 4.78 is 2.53. The van der Waals surface area contributed by atoms with E-state index in [-0.39, 0.29) is 5.41 Å². The number of benzene rings is 2. The zero-order chi connectivity index (χ0) is 21.3. The van der Waals surface area contributed by atoms with Gasteiger partial charge in [0.1, 0.15) is 12.4 Å². The summed E-state index contributed by atoms with van der Waals surface area (Å²) in [7, 11) is 2.21. The van der Waals surface area contributed by atoms with E-state index in [1.807, 2.05) is 6.07 Å². The maximum Gasteiger partial charge on any atom is 0.209 e. The maximum atomic E-state index is 6.51. The minimum atomic E-state index is -0.132. The summed E-state index contributed by atoms with van der Waals surface area (Å²) in [4.78, 5) is 4.87. The number of hydrogen-bond donors (Lipinski definition) is 0. The van der Waals surface area contributed by atoms with E-state index in [0.29, 0.717) is 0 Å². The Kier molecular flexibility index (Phi) is 5.92. The molecule has 4 rings (SSSR count). The van der Waals surface area contributed by atoms with E-state index >= 15 is 0 Å². The van der Waals surface area contributed by atoms with Gasteiger partial charge in [-0.05, 0) is 38.0 Å². The highest BCUT2D eigenvalue weighted by atomic mass is 35.5. The fraction of sp³-hybridized carbons (Fsp3) is 0.423. The Hall–Kier alpha value is -2.26. The lowest BCUT2D eigenvalue weighted by Crippen LogP contribution is -2.35. The molecule has 2 aromatic carbocycles. The number of nitrogens with zero attached hydrogens (tertiary/aromatic N) is 3. The van der Waals surface area contributed by atoms with Gasteiger partial charge in [-0.2, -0.15) is 4.58 Å². The Bertz CT molecular complexity index is 979. The second-order valence-electron chi connectivity index (χ2n) is 8.70. The van der Waals surface area contributed by atoms with Crippen molar-refractivity contribution in [3.63, 3.8) is 0 Å². The first-order valence-corrected chi connectivity index (χ1v) is 11.5. The minimum absolute atomic E-state index is 0.132. The van der Waals surface area contributed by atoms with Gasteiger partial charge in [-0.15, -0.1) is 0 Å². The van der Waals surface area contributed by atoms with Gasteiger partial charge in [0.2, 0.25) is 5.69 Å². The van der Waals surface area contributed by atoms with E-state index in [0.717, 1.165) is 44.0 Å². The van der Waals surface area contributed by atoms with Crippen molar-refractivity contribution in [2.75, 3.05) is 33.2 Å². The molecule has 3 nitrogen and oxygen atoms in total. The first kappa shape index (κ1) is 21.0. The fourth-order valence-electron chi connectivity index (χ4n) is 5.03. The van der Waals surface area contributed by atoms with Gasteiger partial charge >= 0.3 is 0 Å². The predicted molar refractivity (Wildman–Crippen MR) is 127 cm³/mol. The molecule has 0 N–H and O–H groups in total. The SMILES string of the molecule is CCC[N+]1=C(/C=C2\N(C)CCN2CC)C(C)(Cc2ccccc2)c2cc(Cl)ccc21. The van der Waals surface area contributed by atoms with Gasteiger partial charge in [0.15, 0.2) is 5.71 Å². The number of fused-ring (bicyclic) bond motifs is 1. The topological polar surface area (TPSA) is 9.49 Å². The zero-order valence-corrected chi connectivity index (χ0v) is 19.4. The number of hydrogen-bond acceptors (Lipinski definition) is 2. The lowest BCUT2D eigenvalue weighted by atomic mass is 9.74. The Labute approximate surface area is 186 Å². The van der Waals surface area contributed by atoms with Crippen molar-refractivity contribution in [3.8, 4) is 0 Å². The molecule has 0 aromatic heterocycles. The van der Waals surface area contributed by atoms with Crippen LogP contribution in [0.2, 0.25) is 5.02 Å². The van der Waals surface area contributed by atoms with Crippen LogP contribution < -0.4 is 0 Å². The summed E-state index contributed by atoms with van der Waals surface area (Å²) in [6.45, 7) is 11.1. The molecule has 2 aliphatic rings. The van der Waals surface area contributed by atoms with E-state index in [1.165, 1.54) is 28.3 Å². The van der Waals surface area contributed by atoms with Crippen molar-refractivity contribution in [2.45, 2.75) is 39.0 Å². The van der Waals surface area contributed by atoms with Crippen molar-refractivity contribution < 1.29 is 4.58 Å². The van der Waals surface area contributed by atoms with Crippen LogP contribution in [0.3, 0.4) is 0 Å². The summed E-state index contributed by atoms with van der Waals surface area (Å²) in [5, 5.41) is 0.812. The van der Waals surface area contributed by atoms with Crippen LogP contribution in [0.4, 0.5) is 5.69 Å². The van der Waals surface area contributed by atoms with Crippen LogP contribution in [-0.2, 0) is 11.8 Å². The Morgan fingerprint density at radius 3 is 2.57 bits per heavy atom. The summed E-state index contributed by atoms with van der Waals surface area (Å²) in [5.41, 5.74) is 5.24. The van der Waals surface area contributed by atoms with Gasteiger partial charge in [-0.3, -0.25) is 0 Å². The third-order valence-corrected chi connectivity index (χ3v) is 6.85. The minimum Gasteiger partial charge on any atom is -0.359 e. The zero-order valence-electron chi connectivity index (χ0n) is 18.7. The molecule has 2 heterocycles. The molecule has 1 atom stereocenters. The van der Waals surface area contributed by atoms with Crippen LogP contribution in [0.5, 0.6) is 0 Å². The summed E-state index contributed by atoms with van der Waals surface area (Å²) in [5.74, 6) is 1.33. The Balaban J connectivity index is 1.91. The van der Waals surface area contributed by atoms with E-state index < -0.39 is 0 Å². The van der Waals surface area contributed by atoms with Crippen molar-refractivity contribution in [2.24, 2.45) is 0 Å². The molecule has 1 unspecified atom stereocenters. The van der Waals surface area contributed by atoms with Crippen molar-refractivity contribution in [1.82, 2.24) is 9.80 Å². The average Bonchev–Trinajstić information content (AvgIpc) is 3.20. The maximum absolute atomic E-state index is 6.51. The molecule has 4 heteroatoms. The summed E-state index contributed by atoms with van der Waals surface area (Å²) in [6.07, 6.45) is 4.50. The normalized spacial score (nSPS) is 22.4. The molecule has 0 amide bonds. The highest BCUT2D eigenvalue weighted by molar-refractivity contribution is 6.30. The van der Waals surface area contributed by atoms with E-state index in [9.17, 15) is 0 Å². The highest BCUT2D eigenvalue weighted by Crippen LogP contribution is 2.44.